The summed E-state index contributed by atoms with van der Waals surface area (Å²) < 4.78 is 35.2. The van der Waals surface area contributed by atoms with Crippen LogP contribution in [0.25, 0.3) is 33.5 Å². The molecule has 0 bridgehead atoms. The number of hydrogen-bond donors (Lipinski definition) is 2. The number of nitrogens with zero attached hydrogens (tertiary/aromatic N) is 4. The number of aromatic nitrogens is 5. The number of halogens is 2. The smallest absolute Gasteiger partial charge is 0.299 e. The van der Waals surface area contributed by atoms with Crippen LogP contribution in [0.5, 0.6) is 6.01 Å². The third-order valence-electron chi connectivity index (χ3n) is 6.18. The van der Waals surface area contributed by atoms with E-state index < -0.39 is 11.6 Å². The first-order chi connectivity index (χ1) is 16.4. The van der Waals surface area contributed by atoms with E-state index in [1.165, 1.54) is 17.0 Å². The van der Waals surface area contributed by atoms with Gasteiger partial charge in [-0.3, -0.25) is 4.57 Å². The fourth-order valence-electron chi connectivity index (χ4n) is 4.43. The van der Waals surface area contributed by atoms with Crippen molar-refractivity contribution in [3.63, 3.8) is 0 Å². The minimum Gasteiger partial charge on any atom is -0.462 e. The first-order valence-electron chi connectivity index (χ1n) is 11.1. The summed E-state index contributed by atoms with van der Waals surface area (Å²) in [6.07, 6.45) is 2.77. The molecule has 0 amide bonds. The lowest BCUT2D eigenvalue weighted by Crippen LogP contribution is -2.25. The number of nitrogens with one attached hydrogen (secondary N) is 2. The zero-order valence-corrected chi connectivity index (χ0v) is 18.7. The Morgan fingerprint density at radius 1 is 1.09 bits per heavy atom. The van der Waals surface area contributed by atoms with Gasteiger partial charge in [0, 0.05) is 29.2 Å². The van der Waals surface area contributed by atoms with E-state index in [0.29, 0.717) is 41.7 Å². The largest absolute Gasteiger partial charge is 0.462 e. The van der Waals surface area contributed by atoms with Crippen LogP contribution in [0.3, 0.4) is 0 Å². The molecule has 1 aliphatic heterocycles. The predicted molar refractivity (Wildman–Crippen MR) is 126 cm³/mol. The molecular formula is C25H22F2N6O. The number of para-hydroxylation sites is 1. The van der Waals surface area contributed by atoms with Gasteiger partial charge < -0.3 is 15.0 Å². The van der Waals surface area contributed by atoms with Crippen LogP contribution in [0, 0.1) is 11.6 Å². The second-order valence-corrected chi connectivity index (χ2v) is 9.06. The third kappa shape index (κ3) is 3.27. The van der Waals surface area contributed by atoms with Gasteiger partial charge in [-0.1, -0.05) is 18.2 Å². The van der Waals surface area contributed by atoms with E-state index in [2.05, 4.69) is 31.3 Å². The molecule has 0 fully saturated rings. The number of anilines is 1. The van der Waals surface area contributed by atoms with Gasteiger partial charge in [0.15, 0.2) is 34.4 Å². The van der Waals surface area contributed by atoms with Gasteiger partial charge in [-0.25, -0.2) is 18.7 Å². The second kappa shape index (κ2) is 7.51. The van der Waals surface area contributed by atoms with Crippen LogP contribution in [0.4, 0.5) is 14.6 Å². The van der Waals surface area contributed by atoms with E-state index in [-0.39, 0.29) is 11.4 Å². The third-order valence-corrected chi connectivity index (χ3v) is 6.18. The van der Waals surface area contributed by atoms with Crippen molar-refractivity contribution in [2.24, 2.45) is 0 Å². The first-order valence-corrected chi connectivity index (χ1v) is 11.1. The Morgan fingerprint density at radius 2 is 1.94 bits per heavy atom. The lowest BCUT2D eigenvalue weighted by molar-refractivity contribution is 0.268. The Morgan fingerprint density at radius 3 is 2.79 bits per heavy atom. The fourth-order valence-corrected chi connectivity index (χ4v) is 4.43. The molecule has 0 saturated carbocycles. The highest BCUT2D eigenvalue weighted by Crippen LogP contribution is 2.37. The molecule has 0 unspecified atom stereocenters. The van der Waals surface area contributed by atoms with Crippen molar-refractivity contribution < 1.29 is 13.5 Å². The molecule has 7 nitrogen and oxygen atoms in total. The number of H-pyrrole nitrogens is 1. The number of benzene rings is 2. The highest BCUT2D eigenvalue weighted by molar-refractivity contribution is 5.87. The van der Waals surface area contributed by atoms with Crippen LogP contribution >= 0.6 is 0 Å². The maximum Gasteiger partial charge on any atom is 0.299 e. The number of ether oxygens (including phenoxy) is 1. The van der Waals surface area contributed by atoms with E-state index in [4.69, 9.17) is 4.74 Å². The highest BCUT2D eigenvalue weighted by atomic mass is 19.2. The Labute approximate surface area is 193 Å². The molecule has 0 saturated heterocycles. The van der Waals surface area contributed by atoms with Crippen molar-refractivity contribution in [1.29, 1.82) is 0 Å². The van der Waals surface area contributed by atoms with Crippen molar-refractivity contribution in [1.82, 2.24) is 24.5 Å². The minimum atomic E-state index is -0.947. The number of hydrogen-bond acceptors (Lipinski definition) is 5. The van der Waals surface area contributed by atoms with Gasteiger partial charge in [0.25, 0.3) is 6.01 Å². The zero-order chi connectivity index (χ0) is 23.4. The lowest BCUT2D eigenvalue weighted by Gasteiger charge is -2.18. The SMILES string of the molecule is CC1(C)COc2nc3c(NCCc4c[nH]c5ccccc45)nc(-c4ccc(F)c(F)c4)nc3n21. The highest BCUT2D eigenvalue weighted by Gasteiger charge is 2.36. The summed E-state index contributed by atoms with van der Waals surface area (Å²) in [7, 11) is 0. The maximum atomic E-state index is 14.0. The summed E-state index contributed by atoms with van der Waals surface area (Å²) in [4.78, 5) is 17.2. The Balaban J connectivity index is 1.40. The molecule has 1 aliphatic rings. The van der Waals surface area contributed by atoms with E-state index >= 15 is 0 Å². The summed E-state index contributed by atoms with van der Waals surface area (Å²) in [5, 5.41) is 4.56. The molecule has 172 valence electrons. The molecule has 34 heavy (non-hydrogen) atoms. The maximum absolute atomic E-state index is 14.0. The lowest BCUT2D eigenvalue weighted by atomic mass is 10.1. The van der Waals surface area contributed by atoms with Crippen LogP contribution in [0.1, 0.15) is 19.4 Å². The normalized spacial score (nSPS) is 14.5. The van der Waals surface area contributed by atoms with Crippen LogP contribution in [-0.2, 0) is 12.0 Å². The molecular weight excluding hydrogens is 438 g/mol. The summed E-state index contributed by atoms with van der Waals surface area (Å²) in [5.74, 6) is -1.06. The van der Waals surface area contributed by atoms with Crippen molar-refractivity contribution >= 4 is 27.9 Å². The van der Waals surface area contributed by atoms with E-state index in [1.54, 1.807) is 0 Å². The second-order valence-electron chi connectivity index (χ2n) is 9.06. The van der Waals surface area contributed by atoms with Gasteiger partial charge in [-0.05, 0) is 50.1 Å². The number of rotatable bonds is 5. The van der Waals surface area contributed by atoms with Crippen molar-refractivity contribution in [3.8, 4) is 17.4 Å². The molecule has 0 spiro atoms. The van der Waals surface area contributed by atoms with E-state index in [0.717, 1.165) is 24.1 Å². The fraction of sp³-hybridized carbons (Fsp3) is 0.240. The first kappa shape index (κ1) is 20.6. The van der Waals surface area contributed by atoms with Crippen molar-refractivity contribution in [3.05, 3.63) is 65.9 Å². The minimum absolute atomic E-state index is 0.284. The molecule has 3 aromatic heterocycles. The molecule has 9 heteroatoms. The van der Waals surface area contributed by atoms with Gasteiger partial charge in [0.1, 0.15) is 6.61 Å². The van der Waals surface area contributed by atoms with Crippen molar-refractivity contribution in [2.75, 3.05) is 18.5 Å². The topological polar surface area (TPSA) is 80.7 Å². The van der Waals surface area contributed by atoms with Crippen LogP contribution in [0.2, 0.25) is 0 Å². The van der Waals surface area contributed by atoms with E-state index in [9.17, 15) is 8.78 Å². The Kier molecular flexibility index (Phi) is 4.55. The predicted octanol–water partition coefficient (Wildman–Crippen LogP) is 5.03. The number of imidazole rings is 1. The van der Waals surface area contributed by atoms with Gasteiger partial charge >= 0.3 is 0 Å². The van der Waals surface area contributed by atoms with Crippen molar-refractivity contribution in [2.45, 2.75) is 25.8 Å². The van der Waals surface area contributed by atoms with Crippen LogP contribution < -0.4 is 10.1 Å². The molecule has 6 rings (SSSR count). The molecule has 4 heterocycles. The van der Waals surface area contributed by atoms with Gasteiger partial charge in [0.2, 0.25) is 0 Å². The number of fused-ring (bicyclic) bond motifs is 4. The molecule has 2 aromatic carbocycles. The van der Waals surface area contributed by atoms with Gasteiger partial charge in [0.05, 0.1) is 5.54 Å². The zero-order valence-electron chi connectivity index (χ0n) is 18.7. The number of aromatic amines is 1. The molecule has 0 radical (unpaired) electrons. The molecule has 0 aliphatic carbocycles. The molecule has 5 aromatic rings. The Bertz CT molecular complexity index is 1550. The van der Waals surface area contributed by atoms with E-state index in [1.807, 2.05) is 42.8 Å². The van der Waals surface area contributed by atoms with Gasteiger partial charge in [-0.15, -0.1) is 0 Å². The summed E-state index contributed by atoms with van der Waals surface area (Å²) >= 11 is 0. The summed E-state index contributed by atoms with van der Waals surface area (Å²) in [6, 6.07) is 12.3. The summed E-state index contributed by atoms with van der Waals surface area (Å²) in [5.41, 5.74) is 3.46. The van der Waals surface area contributed by atoms with Gasteiger partial charge in [-0.2, -0.15) is 4.98 Å². The standard InChI is InChI=1S/C25H22F2N6O/c1-25(2)13-34-24-30-20-22(28-10-9-15-12-29-19-6-4-3-5-16(15)19)31-21(32-23(20)33(24)25)14-7-8-17(26)18(27)11-14/h3-8,11-12,29H,9-10,13H2,1-2H3,(H,28,31,32). The van der Waals surface area contributed by atoms with Crippen LogP contribution in [-0.4, -0.2) is 37.7 Å². The quantitative estimate of drug-likeness (QED) is 0.384. The monoisotopic (exact) mass is 460 g/mol. The Hall–Kier alpha value is -4.01. The molecule has 0 atom stereocenters. The average Bonchev–Trinajstić information content (AvgIpc) is 3.49. The molecule has 2 N–H and O–H groups in total. The van der Waals surface area contributed by atoms with Crippen LogP contribution in [0.15, 0.2) is 48.7 Å². The average molecular weight is 460 g/mol. The summed E-state index contributed by atoms with van der Waals surface area (Å²) in [6.45, 7) is 5.14.